The molecule has 7 nitrogen and oxygen atoms in total. The van der Waals surface area contributed by atoms with Crippen LogP contribution in [0.4, 0.5) is 0 Å². The van der Waals surface area contributed by atoms with E-state index in [1.807, 2.05) is 0 Å². The van der Waals surface area contributed by atoms with Crippen LogP contribution in [0.3, 0.4) is 0 Å². The Labute approximate surface area is 267 Å². The molecule has 1 aromatic rings. The van der Waals surface area contributed by atoms with E-state index in [9.17, 15) is 22.6 Å². The third kappa shape index (κ3) is 20.3. The quantitative estimate of drug-likeness (QED) is 0.0912. The summed E-state index contributed by atoms with van der Waals surface area (Å²) in [5, 5.41) is 0. The van der Waals surface area contributed by atoms with Gasteiger partial charge in [0.05, 0.1) is 33.6 Å². The molecule has 0 aromatic heterocycles. The summed E-state index contributed by atoms with van der Waals surface area (Å²) in [5.74, 6) is -2.31. The molecular weight excluding hydrogens is 519 g/mol. The summed E-state index contributed by atoms with van der Waals surface area (Å²) in [7, 11) is -4.48. The number of carbonyl (C=O) groups is 2. The summed E-state index contributed by atoms with van der Waals surface area (Å²) in [6, 6.07) is 6.02. The van der Waals surface area contributed by atoms with Crippen molar-refractivity contribution < 1.29 is 83.4 Å². The zero-order valence-corrected chi connectivity index (χ0v) is 27.0. The number of unbranched alkanes of at least 4 members (excludes halogenated alkanes) is 15. The van der Waals surface area contributed by atoms with Gasteiger partial charge in [0, 0.05) is 0 Å². The van der Waals surface area contributed by atoms with Crippen LogP contribution in [0.2, 0.25) is 0 Å². The van der Waals surface area contributed by atoms with E-state index in [1.165, 1.54) is 95.6 Å². The van der Waals surface area contributed by atoms with Crippen molar-refractivity contribution in [3.63, 3.8) is 0 Å². The van der Waals surface area contributed by atoms with Crippen LogP contribution in [0.5, 0.6) is 0 Å². The van der Waals surface area contributed by atoms with Crippen LogP contribution < -0.4 is 51.4 Å². The number of benzene rings is 1. The largest absolute Gasteiger partial charge is 1.00 e. The Hall–Kier alpha value is -0.294. The minimum absolute atomic E-state index is 0. The molecule has 0 unspecified atom stereocenters. The molecule has 9 heteroatoms. The van der Waals surface area contributed by atoms with Gasteiger partial charge in [0.15, 0.2) is 0 Å². The summed E-state index contributed by atoms with van der Waals surface area (Å²) < 4.78 is 42.0. The van der Waals surface area contributed by atoms with Crippen molar-refractivity contribution >= 4 is 22.1 Å². The van der Waals surface area contributed by atoms with Crippen LogP contribution in [0, 0.1) is 0 Å². The number of carbonyl (C=O) groups excluding carboxylic acids is 2. The van der Waals surface area contributed by atoms with E-state index < -0.39 is 34.4 Å². The molecule has 1 rings (SSSR count). The topological polar surface area (TPSA) is 110 Å². The summed E-state index contributed by atoms with van der Waals surface area (Å²) in [6.45, 7) is 1.97. The molecule has 0 N–H and O–H groups in total. The SMILES string of the molecule is CCCCCCCCCCCCCCCCCCOC(=O)c1ccccc1C(=O)OCCS(=O)(=O)[O-].[K+]. The van der Waals surface area contributed by atoms with Gasteiger partial charge >= 0.3 is 63.3 Å². The monoisotopic (exact) mass is 564 g/mol. The maximum absolute atomic E-state index is 12.4. The number of ether oxygens (including phenoxy) is 2. The van der Waals surface area contributed by atoms with Crippen molar-refractivity contribution in [3.05, 3.63) is 35.4 Å². The Morgan fingerprint density at radius 1 is 0.649 bits per heavy atom. The van der Waals surface area contributed by atoms with Crippen molar-refractivity contribution in [1.82, 2.24) is 0 Å². The van der Waals surface area contributed by atoms with Crippen molar-refractivity contribution in [2.24, 2.45) is 0 Å². The third-order valence-corrected chi connectivity index (χ3v) is 6.83. The standard InChI is InChI=1S/C28H46O7S.K/c1-2-3-4-5-6-7-8-9-10-11-12-13-14-15-16-19-22-34-27(29)25-20-17-18-21-26(25)28(30)35-23-24-36(31,32)33;/h17-18,20-21H,2-16,19,22-24H2,1H3,(H,31,32,33);/q;+1/p-1. The van der Waals surface area contributed by atoms with Gasteiger partial charge in [-0.2, -0.15) is 0 Å². The fraction of sp³-hybridized carbons (Fsp3) is 0.714. The molecule has 0 spiro atoms. The molecule has 0 aliphatic carbocycles. The van der Waals surface area contributed by atoms with Gasteiger partial charge in [-0.05, 0) is 18.6 Å². The predicted octanol–water partition coefficient (Wildman–Crippen LogP) is 3.81. The van der Waals surface area contributed by atoms with Gasteiger partial charge in [-0.15, -0.1) is 0 Å². The molecule has 0 saturated carbocycles. The molecule has 0 heterocycles. The zero-order valence-electron chi connectivity index (χ0n) is 23.0. The van der Waals surface area contributed by atoms with Gasteiger partial charge in [-0.25, -0.2) is 18.0 Å². The minimum atomic E-state index is -4.48. The first-order valence-corrected chi connectivity index (χ1v) is 15.3. The van der Waals surface area contributed by atoms with E-state index in [0.29, 0.717) is 0 Å². The predicted molar refractivity (Wildman–Crippen MR) is 141 cm³/mol. The summed E-state index contributed by atoms with van der Waals surface area (Å²) in [4.78, 5) is 24.5. The number of hydrogen-bond acceptors (Lipinski definition) is 7. The average Bonchev–Trinajstić information content (AvgIpc) is 2.85. The van der Waals surface area contributed by atoms with Gasteiger partial charge in [0.2, 0.25) is 0 Å². The fourth-order valence-corrected chi connectivity index (χ4v) is 4.33. The minimum Gasteiger partial charge on any atom is -0.748 e. The maximum atomic E-state index is 12.4. The molecule has 37 heavy (non-hydrogen) atoms. The smallest absolute Gasteiger partial charge is 0.748 e. The van der Waals surface area contributed by atoms with Gasteiger partial charge in [0.1, 0.15) is 6.61 Å². The van der Waals surface area contributed by atoms with Crippen molar-refractivity contribution in [1.29, 1.82) is 0 Å². The van der Waals surface area contributed by atoms with Gasteiger partial charge < -0.3 is 14.0 Å². The first-order chi connectivity index (χ1) is 17.3. The normalized spacial score (nSPS) is 11.1. The summed E-state index contributed by atoms with van der Waals surface area (Å²) >= 11 is 0. The molecule has 206 valence electrons. The zero-order chi connectivity index (χ0) is 26.5. The van der Waals surface area contributed by atoms with E-state index in [-0.39, 0.29) is 69.1 Å². The van der Waals surface area contributed by atoms with Crippen LogP contribution in [0.1, 0.15) is 130 Å². The van der Waals surface area contributed by atoms with Crippen LogP contribution in [-0.4, -0.2) is 43.9 Å². The summed E-state index contributed by atoms with van der Waals surface area (Å²) in [6.07, 6.45) is 20.3. The van der Waals surface area contributed by atoms with Gasteiger partial charge in [0.25, 0.3) is 0 Å². The van der Waals surface area contributed by atoms with Crippen molar-refractivity contribution in [2.75, 3.05) is 19.0 Å². The van der Waals surface area contributed by atoms with Gasteiger partial charge in [-0.3, -0.25) is 0 Å². The molecule has 0 saturated heterocycles. The second-order valence-corrected chi connectivity index (χ2v) is 10.9. The average molecular weight is 565 g/mol. The maximum Gasteiger partial charge on any atom is 1.00 e. The molecule has 0 fully saturated rings. The molecule has 1 aromatic carbocycles. The van der Waals surface area contributed by atoms with E-state index in [1.54, 1.807) is 12.1 Å². The van der Waals surface area contributed by atoms with E-state index >= 15 is 0 Å². The molecule has 0 aliphatic rings. The fourth-order valence-electron chi connectivity index (χ4n) is 4.05. The second kappa shape index (κ2) is 23.6. The number of rotatable bonds is 22. The number of esters is 2. The molecule has 0 amide bonds. The van der Waals surface area contributed by atoms with Crippen LogP contribution in [-0.2, 0) is 19.6 Å². The second-order valence-electron chi connectivity index (χ2n) is 9.38. The van der Waals surface area contributed by atoms with Gasteiger partial charge in [-0.1, -0.05) is 115 Å². The Kier molecular flexibility index (Phi) is 23.4. The van der Waals surface area contributed by atoms with Crippen molar-refractivity contribution in [2.45, 2.75) is 110 Å². The Bertz CT molecular complexity index is 843. The molecule has 0 aliphatic heterocycles. The Balaban J connectivity index is 0.0000130. The van der Waals surface area contributed by atoms with E-state index in [4.69, 9.17) is 9.47 Å². The summed E-state index contributed by atoms with van der Waals surface area (Å²) in [5.41, 5.74) is 0.0433. The first-order valence-electron chi connectivity index (χ1n) is 13.7. The Morgan fingerprint density at radius 2 is 1.00 bits per heavy atom. The van der Waals surface area contributed by atoms with E-state index in [2.05, 4.69) is 6.92 Å². The third-order valence-electron chi connectivity index (χ3n) is 6.16. The Morgan fingerprint density at radius 3 is 1.38 bits per heavy atom. The molecule has 0 radical (unpaired) electrons. The molecular formula is C28H45KO7S. The number of hydrogen-bond donors (Lipinski definition) is 0. The van der Waals surface area contributed by atoms with Crippen LogP contribution >= 0.6 is 0 Å². The van der Waals surface area contributed by atoms with E-state index in [0.717, 1.165) is 19.3 Å². The van der Waals surface area contributed by atoms with Crippen LogP contribution in [0.15, 0.2) is 24.3 Å². The first kappa shape index (κ1) is 36.7. The molecule has 0 bridgehead atoms. The van der Waals surface area contributed by atoms with Crippen LogP contribution in [0.25, 0.3) is 0 Å². The molecule has 0 atom stereocenters. The van der Waals surface area contributed by atoms with Crippen molar-refractivity contribution in [3.8, 4) is 0 Å².